The average Bonchev–Trinajstić information content (AvgIpc) is 2.71. The second kappa shape index (κ2) is 13.5. The van der Waals surface area contributed by atoms with E-state index in [1.807, 2.05) is 31.2 Å². The Morgan fingerprint density at radius 3 is 2.45 bits per heavy atom. The molecular formula is C24H32INO3. The molecule has 2 rings (SSSR count). The number of hydrogen-bond donors (Lipinski definition) is 1. The van der Waals surface area contributed by atoms with Crippen LogP contribution in [0.1, 0.15) is 64.4 Å². The summed E-state index contributed by atoms with van der Waals surface area (Å²) in [6, 6.07) is 13.8. The number of rotatable bonds is 13. The number of ether oxygens (including phenoxy) is 2. The summed E-state index contributed by atoms with van der Waals surface area (Å²) in [5.74, 6) is 1.34. The molecule has 29 heavy (non-hydrogen) atoms. The summed E-state index contributed by atoms with van der Waals surface area (Å²) in [4.78, 5) is 11.6. The molecule has 0 unspecified atom stereocenters. The molecule has 0 saturated heterocycles. The first-order valence-corrected chi connectivity index (χ1v) is 11.7. The summed E-state index contributed by atoms with van der Waals surface area (Å²) < 4.78 is 12.5. The third-order valence-corrected chi connectivity index (χ3v) is 5.23. The van der Waals surface area contributed by atoms with Crippen LogP contribution in [0.2, 0.25) is 0 Å². The molecule has 0 bridgehead atoms. The number of unbranched alkanes of at least 4 members (excludes halogenated alkanes) is 4. The number of hydrogen-bond acceptors (Lipinski definition) is 4. The Bertz CT molecular complexity index is 746. The lowest BCUT2D eigenvalue weighted by Crippen LogP contribution is -2.07. The molecule has 5 heteroatoms. The molecule has 1 N–H and O–H groups in total. The Morgan fingerprint density at radius 2 is 1.72 bits per heavy atom. The molecule has 2 aromatic carbocycles. The van der Waals surface area contributed by atoms with Gasteiger partial charge in [-0.05, 0) is 71.8 Å². The molecule has 0 aliphatic heterocycles. The Balaban J connectivity index is 1.87. The van der Waals surface area contributed by atoms with E-state index < -0.39 is 0 Å². The second-order valence-corrected chi connectivity index (χ2v) is 8.36. The number of nitrogens with one attached hydrogen (secondary N) is 1. The highest BCUT2D eigenvalue weighted by Crippen LogP contribution is 2.24. The average molecular weight is 509 g/mol. The molecular weight excluding hydrogens is 477 g/mol. The van der Waals surface area contributed by atoms with Gasteiger partial charge < -0.3 is 14.8 Å². The van der Waals surface area contributed by atoms with E-state index in [1.54, 1.807) is 0 Å². The van der Waals surface area contributed by atoms with Gasteiger partial charge in [0.2, 0.25) is 0 Å². The first kappa shape index (κ1) is 23.5. The Morgan fingerprint density at radius 1 is 0.966 bits per heavy atom. The van der Waals surface area contributed by atoms with E-state index in [0.29, 0.717) is 18.7 Å². The summed E-state index contributed by atoms with van der Waals surface area (Å²) in [6.07, 6.45) is 7.39. The molecule has 2 aromatic rings. The highest BCUT2D eigenvalue weighted by Gasteiger charge is 2.06. The lowest BCUT2D eigenvalue weighted by atomic mass is 10.1. The summed E-state index contributed by atoms with van der Waals surface area (Å²) in [6.45, 7) is 5.63. The van der Waals surface area contributed by atoms with E-state index in [9.17, 15) is 4.79 Å². The van der Waals surface area contributed by atoms with Crippen molar-refractivity contribution in [2.75, 3.05) is 11.9 Å². The molecule has 0 fully saturated rings. The maximum Gasteiger partial charge on any atom is 0.311 e. The highest BCUT2D eigenvalue weighted by molar-refractivity contribution is 14.1. The minimum absolute atomic E-state index is 0.191. The Kier molecular flexibility index (Phi) is 10.9. The van der Waals surface area contributed by atoms with Crippen molar-refractivity contribution in [1.82, 2.24) is 0 Å². The number of benzene rings is 2. The summed E-state index contributed by atoms with van der Waals surface area (Å²) >= 11 is 2.32. The van der Waals surface area contributed by atoms with Crippen LogP contribution in [0.5, 0.6) is 11.5 Å². The quantitative estimate of drug-likeness (QED) is 0.137. The first-order valence-electron chi connectivity index (χ1n) is 10.6. The fraction of sp³-hybridized carbons (Fsp3) is 0.458. The van der Waals surface area contributed by atoms with E-state index >= 15 is 0 Å². The van der Waals surface area contributed by atoms with Gasteiger partial charge in [0.05, 0.1) is 6.61 Å². The zero-order valence-electron chi connectivity index (χ0n) is 17.5. The van der Waals surface area contributed by atoms with Crippen LogP contribution in [0.25, 0.3) is 0 Å². The molecule has 0 aliphatic carbocycles. The van der Waals surface area contributed by atoms with Crippen LogP contribution in [0.15, 0.2) is 42.5 Å². The van der Waals surface area contributed by atoms with Gasteiger partial charge in [0.1, 0.15) is 11.5 Å². The third kappa shape index (κ3) is 9.07. The van der Waals surface area contributed by atoms with Crippen LogP contribution < -0.4 is 14.8 Å². The summed E-state index contributed by atoms with van der Waals surface area (Å²) in [5.41, 5.74) is 2.11. The maximum atomic E-state index is 11.6. The predicted octanol–water partition coefficient (Wildman–Crippen LogP) is 6.96. The lowest BCUT2D eigenvalue weighted by molar-refractivity contribution is -0.134. The van der Waals surface area contributed by atoms with Crippen molar-refractivity contribution in [3.8, 4) is 11.5 Å². The number of carbonyl (C=O) groups excluding carboxylic acids is 1. The largest absolute Gasteiger partial charge is 0.493 e. The van der Waals surface area contributed by atoms with Crippen LogP contribution in [0, 0.1) is 3.57 Å². The molecule has 0 saturated carbocycles. The van der Waals surface area contributed by atoms with Crippen molar-refractivity contribution in [3.05, 3.63) is 51.6 Å². The maximum absolute atomic E-state index is 11.6. The molecule has 0 aromatic heterocycles. The van der Waals surface area contributed by atoms with E-state index in [2.05, 4.69) is 53.0 Å². The predicted molar refractivity (Wildman–Crippen MR) is 128 cm³/mol. The Hall–Kier alpha value is -1.76. The zero-order chi connectivity index (χ0) is 20.9. The minimum atomic E-state index is -0.191. The van der Waals surface area contributed by atoms with E-state index in [0.717, 1.165) is 36.4 Å². The van der Waals surface area contributed by atoms with Gasteiger partial charge in [0.15, 0.2) is 0 Å². The van der Waals surface area contributed by atoms with Gasteiger partial charge in [0.25, 0.3) is 0 Å². The smallest absolute Gasteiger partial charge is 0.311 e. The Labute approximate surface area is 188 Å². The number of carbonyl (C=O) groups is 1. The van der Waals surface area contributed by atoms with Crippen LogP contribution in [0.4, 0.5) is 5.69 Å². The standard InChI is InChI=1S/C24H32INO3/c1-3-5-6-7-8-16-28-23-17-20(25)11-10-19(23)18-26-21-12-14-22(15-13-21)29-24(27)9-4-2/h10-15,17,26H,3-9,16,18H2,1-2H3. The van der Waals surface area contributed by atoms with E-state index in [1.165, 1.54) is 29.3 Å². The van der Waals surface area contributed by atoms with Crippen molar-refractivity contribution in [2.24, 2.45) is 0 Å². The van der Waals surface area contributed by atoms with Gasteiger partial charge in [0, 0.05) is 27.8 Å². The molecule has 158 valence electrons. The summed E-state index contributed by atoms with van der Waals surface area (Å²) in [7, 11) is 0. The molecule has 0 spiro atoms. The van der Waals surface area contributed by atoms with Gasteiger partial charge in [-0.3, -0.25) is 4.79 Å². The van der Waals surface area contributed by atoms with Crippen molar-refractivity contribution >= 4 is 34.2 Å². The zero-order valence-corrected chi connectivity index (χ0v) is 19.7. The van der Waals surface area contributed by atoms with Crippen LogP contribution in [-0.2, 0) is 11.3 Å². The second-order valence-electron chi connectivity index (χ2n) is 7.12. The number of halogens is 1. The third-order valence-electron chi connectivity index (χ3n) is 4.56. The van der Waals surface area contributed by atoms with Crippen molar-refractivity contribution in [1.29, 1.82) is 0 Å². The monoisotopic (exact) mass is 509 g/mol. The molecule has 0 amide bonds. The topological polar surface area (TPSA) is 47.6 Å². The van der Waals surface area contributed by atoms with Gasteiger partial charge in [-0.1, -0.05) is 45.6 Å². The van der Waals surface area contributed by atoms with Gasteiger partial charge >= 0.3 is 5.97 Å². The van der Waals surface area contributed by atoms with E-state index in [4.69, 9.17) is 9.47 Å². The van der Waals surface area contributed by atoms with Gasteiger partial charge in [-0.2, -0.15) is 0 Å². The molecule has 0 atom stereocenters. The SMILES string of the molecule is CCCCCCCOc1cc(I)ccc1CNc1ccc(OC(=O)CCC)cc1. The van der Waals surface area contributed by atoms with Gasteiger partial charge in [-0.25, -0.2) is 0 Å². The fourth-order valence-electron chi connectivity index (χ4n) is 2.92. The molecule has 0 aliphatic rings. The molecule has 4 nitrogen and oxygen atoms in total. The van der Waals surface area contributed by atoms with Crippen molar-refractivity contribution in [3.63, 3.8) is 0 Å². The summed E-state index contributed by atoms with van der Waals surface area (Å²) in [5, 5.41) is 3.42. The lowest BCUT2D eigenvalue weighted by Gasteiger charge is -2.14. The highest BCUT2D eigenvalue weighted by atomic mass is 127. The molecule has 0 heterocycles. The number of esters is 1. The fourth-order valence-corrected chi connectivity index (χ4v) is 3.38. The van der Waals surface area contributed by atoms with Crippen LogP contribution >= 0.6 is 22.6 Å². The van der Waals surface area contributed by atoms with Crippen molar-refractivity contribution in [2.45, 2.75) is 65.3 Å². The number of anilines is 1. The normalized spacial score (nSPS) is 10.6. The van der Waals surface area contributed by atoms with Crippen LogP contribution in [-0.4, -0.2) is 12.6 Å². The minimum Gasteiger partial charge on any atom is -0.493 e. The van der Waals surface area contributed by atoms with Gasteiger partial charge in [-0.15, -0.1) is 0 Å². The van der Waals surface area contributed by atoms with Crippen molar-refractivity contribution < 1.29 is 14.3 Å². The first-order chi connectivity index (χ1) is 14.1. The molecule has 0 radical (unpaired) electrons. The van der Waals surface area contributed by atoms with E-state index in [-0.39, 0.29) is 5.97 Å². The van der Waals surface area contributed by atoms with Crippen LogP contribution in [0.3, 0.4) is 0 Å².